The Morgan fingerprint density at radius 2 is 2.21 bits per heavy atom. The third-order valence-electron chi connectivity index (χ3n) is 2.99. The van der Waals surface area contributed by atoms with Crippen molar-refractivity contribution in [2.24, 2.45) is 0 Å². The zero-order valence-corrected chi connectivity index (χ0v) is 11.3. The van der Waals surface area contributed by atoms with E-state index in [2.05, 4.69) is 20.5 Å². The lowest BCUT2D eigenvalue weighted by Gasteiger charge is -2.27. The molecule has 6 nitrogen and oxygen atoms in total. The van der Waals surface area contributed by atoms with Gasteiger partial charge in [-0.25, -0.2) is 9.78 Å². The zero-order chi connectivity index (χ0) is 13.7. The number of aromatic nitrogens is 1. The molecule has 0 aromatic carbocycles. The molecule has 0 saturated carbocycles. The molecule has 0 bridgehead atoms. The van der Waals surface area contributed by atoms with Crippen LogP contribution in [0.25, 0.3) is 0 Å². The number of piperazine rings is 1. The topological polar surface area (TPSA) is 77.5 Å². The average molecular weight is 285 g/mol. The van der Waals surface area contributed by atoms with E-state index < -0.39 is 5.97 Å². The number of pyridine rings is 1. The number of hydrogen-bond acceptors (Lipinski definition) is 5. The molecule has 104 valence electrons. The normalized spacial score (nSPS) is 16.3. The van der Waals surface area contributed by atoms with Gasteiger partial charge in [0.1, 0.15) is 5.82 Å². The highest BCUT2D eigenvalue weighted by molar-refractivity contribution is 6.33. The van der Waals surface area contributed by atoms with Crippen molar-refractivity contribution < 1.29 is 9.90 Å². The minimum absolute atomic E-state index is 0.117. The van der Waals surface area contributed by atoms with Crippen molar-refractivity contribution in [1.29, 1.82) is 0 Å². The largest absolute Gasteiger partial charge is 0.476 e. The number of anilines is 1. The van der Waals surface area contributed by atoms with Crippen molar-refractivity contribution in [1.82, 2.24) is 15.2 Å². The van der Waals surface area contributed by atoms with Crippen LogP contribution in [-0.4, -0.2) is 60.2 Å². The molecule has 0 amide bonds. The molecule has 1 aromatic rings. The molecule has 0 unspecified atom stereocenters. The van der Waals surface area contributed by atoms with Gasteiger partial charge in [-0.15, -0.1) is 0 Å². The smallest absolute Gasteiger partial charge is 0.356 e. The fraction of sp³-hybridized carbons (Fsp3) is 0.500. The van der Waals surface area contributed by atoms with Gasteiger partial charge in [0, 0.05) is 39.3 Å². The highest BCUT2D eigenvalue weighted by Crippen LogP contribution is 2.16. The number of halogens is 1. The highest BCUT2D eigenvalue weighted by atomic mass is 35.5. The van der Waals surface area contributed by atoms with Crippen LogP contribution < -0.4 is 10.6 Å². The molecular formula is C12H17ClN4O2. The molecular weight excluding hydrogens is 268 g/mol. The Balaban J connectivity index is 1.85. The van der Waals surface area contributed by atoms with Crippen LogP contribution in [-0.2, 0) is 0 Å². The van der Waals surface area contributed by atoms with Crippen molar-refractivity contribution in [3.8, 4) is 0 Å². The van der Waals surface area contributed by atoms with Crippen LogP contribution in [0.1, 0.15) is 10.5 Å². The second-order valence-corrected chi connectivity index (χ2v) is 4.76. The maximum Gasteiger partial charge on any atom is 0.356 e. The number of hydrogen-bond donors (Lipinski definition) is 3. The first-order chi connectivity index (χ1) is 9.16. The molecule has 2 heterocycles. The third-order valence-corrected chi connectivity index (χ3v) is 3.30. The summed E-state index contributed by atoms with van der Waals surface area (Å²) in [7, 11) is 0. The molecule has 0 aliphatic carbocycles. The second kappa shape index (κ2) is 6.70. The van der Waals surface area contributed by atoms with Crippen molar-refractivity contribution in [2.45, 2.75) is 0 Å². The number of carbonyl (C=O) groups is 1. The van der Waals surface area contributed by atoms with Crippen LogP contribution in [0, 0.1) is 0 Å². The summed E-state index contributed by atoms with van der Waals surface area (Å²) in [4.78, 5) is 17.2. The molecule has 0 spiro atoms. The van der Waals surface area contributed by atoms with E-state index in [1.807, 2.05) is 0 Å². The van der Waals surface area contributed by atoms with Gasteiger partial charge in [-0.05, 0) is 12.1 Å². The minimum atomic E-state index is -1.12. The van der Waals surface area contributed by atoms with Crippen molar-refractivity contribution >= 4 is 23.4 Å². The monoisotopic (exact) mass is 284 g/mol. The highest BCUT2D eigenvalue weighted by Gasteiger charge is 2.12. The van der Waals surface area contributed by atoms with Gasteiger partial charge >= 0.3 is 5.97 Å². The molecule has 1 saturated heterocycles. The number of nitrogens with zero attached hydrogens (tertiary/aromatic N) is 2. The molecule has 0 atom stereocenters. The van der Waals surface area contributed by atoms with E-state index in [9.17, 15) is 4.79 Å². The molecule has 1 aromatic heterocycles. The van der Waals surface area contributed by atoms with Crippen LogP contribution in [0.2, 0.25) is 5.02 Å². The predicted octanol–water partition coefficient (Wildman–Crippen LogP) is 0.750. The molecule has 19 heavy (non-hydrogen) atoms. The summed E-state index contributed by atoms with van der Waals surface area (Å²) in [5.74, 6) is -0.576. The van der Waals surface area contributed by atoms with E-state index in [1.165, 1.54) is 0 Å². The van der Waals surface area contributed by atoms with Gasteiger partial charge in [-0.1, -0.05) is 11.6 Å². The molecule has 2 rings (SSSR count). The number of aromatic carboxylic acids is 1. The summed E-state index contributed by atoms with van der Waals surface area (Å²) in [6, 6.07) is 3.23. The van der Waals surface area contributed by atoms with E-state index in [1.54, 1.807) is 12.1 Å². The van der Waals surface area contributed by atoms with Gasteiger partial charge in [0.15, 0.2) is 5.69 Å². The third kappa shape index (κ3) is 4.05. The van der Waals surface area contributed by atoms with E-state index in [0.717, 1.165) is 39.3 Å². The number of carboxylic acids is 1. The van der Waals surface area contributed by atoms with Gasteiger partial charge in [-0.2, -0.15) is 0 Å². The second-order valence-electron chi connectivity index (χ2n) is 4.35. The Bertz CT molecular complexity index is 449. The van der Waals surface area contributed by atoms with Crippen molar-refractivity contribution in [3.63, 3.8) is 0 Å². The van der Waals surface area contributed by atoms with Crippen LogP contribution in [0.4, 0.5) is 5.82 Å². The summed E-state index contributed by atoms with van der Waals surface area (Å²) >= 11 is 5.76. The van der Waals surface area contributed by atoms with Crippen molar-refractivity contribution in [3.05, 3.63) is 22.8 Å². The molecule has 7 heteroatoms. The Morgan fingerprint density at radius 1 is 1.47 bits per heavy atom. The first-order valence-electron chi connectivity index (χ1n) is 6.23. The zero-order valence-electron chi connectivity index (χ0n) is 10.5. The predicted molar refractivity (Wildman–Crippen MR) is 74.0 cm³/mol. The summed E-state index contributed by atoms with van der Waals surface area (Å²) in [6.45, 7) is 5.75. The van der Waals surface area contributed by atoms with E-state index in [-0.39, 0.29) is 10.7 Å². The van der Waals surface area contributed by atoms with Crippen LogP contribution >= 0.6 is 11.6 Å². The molecule has 0 radical (unpaired) electrons. The minimum Gasteiger partial charge on any atom is -0.476 e. The van der Waals surface area contributed by atoms with E-state index >= 15 is 0 Å². The van der Waals surface area contributed by atoms with Crippen LogP contribution in [0.15, 0.2) is 12.1 Å². The SMILES string of the molecule is O=C(O)c1nc(NCCN2CCNCC2)ccc1Cl. The van der Waals surface area contributed by atoms with Gasteiger partial charge in [0.05, 0.1) is 5.02 Å². The van der Waals surface area contributed by atoms with E-state index in [4.69, 9.17) is 16.7 Å². The van der Waals surface area contributed by atoms with Crippen molar-refractivity contribution in [2.75, 3.05) is 44.6 Å². The van der Waals surface area contributed by atoms with Crippen LogP contribution in [0.3, 0.4) is 0 Å². The van der Waals surface area contributed by atoms with Gasteiger partial charge < -0.3 is 15.7 Å². The Morgan fingerprint density at radius 3 is 2.89 bits per heavy atom. The fourth-order valence-electron chi connectivity index (χ4n) is 1.97. The van der Waals surface area contributed by atoms with E-state index in [0.29, 0.717) is 5.82 Å². The maximum absolute atomic E-state index is 10.9. The molecule has 1 aliphatic rings. The van der Waals surface area contributed by atoms with Gasteiger partial charge in [0.25, 0.3) is 0 Å². The lowest BCUT2D eigenvalue weighted by atomic mass is 10.3. The van der Waals surface area contributed by atoms with Gasteiger partial charge in [0.2, 0.25) is 0 Å². The maximum atomic E-state index is 10.9. The summed E-state index contributed by atoms with van der Waals surface area (Å²) in [5.41, 5.74) is -0.117. The number of carboxylic acid groups (broad SMARTS) is 1. The Labute approximate surface area is 116 Å². The molecule has 1 fully saturated rings. The lowest BCUT2D eigenvalue weighted by Crippen LogP contribution is -2.45. The Hall–Kier alpha value is -1.37. The molecule has 3 N–H and O–H groups in total. The first kappa shape index (κ1) is 14.0. The molecule has 1 aliphatic heterocycles. The standard InChI is InChI=1S/C12H17ClN4O2/c13-9-1-2-10(16-11(9)12(18)19)15-5-8-17-6-3-14-4-7-17/h1-2,14H,3-8H2,(H,15,16)(H,18,19). The average Bonchev–Trinajstić information content (AvgIpc) is 2.41. The fourth-order valence-corrected chi connectivity index (χ4v) is 2.15. The number of rotatable bonds is 5. The summed E-state index contributed by atoms with van der Waals surface area (Å²) in [5, 5.41) is 15.5. The number of nitrogens with one attached hydrogen (secondary N) is 2. The quantitative estimate of drug-likeness (QED) is 0.741. The summed E-state index contributed by atoms with van der Waals surface area (Å²) < 4.78 is 0. The summed E-state index contributed by atoms with van der Waals surface area (Å²) in [6.07, 6.45) is 0. The Kier molecular flexibility index (Phi) is 4.95. The lowest BCUT2D eigenvalue weighted by molar-refractivity contribution is 0.0691. The van der Waals surface area contributed by atoms with Crippen LogP contribution in [0.5, 0.6) is 0 Å². The first-order valence-corrected chi connectivity index (χ1v) is 6.61. The van der Waals surface area contributed by atoms with Gasteiger partial charge in [-0.3, -0.25) is 4.90 Å².